The summed E-state index contributed by atoms with van der Waals surface area (Å²) in [6, 6.07) is 17.7. The van der Waals surface area contributed by atoms with Crippen LogP contribution in [0, 0.1) is 0 Å². The molecule has 7 heteroatoms. The Morgan fingerprint density at radius 2 is 1.67 bits per heavy atom. The van der Waals surface area contributed by atoms with Gasteiger partial charge in [0.05, 0.1) is 6.10 Å². The third kappa shape index (κ3) is 4.77. The van der Waals surface area contributed by atoms with Crippen molar-refractivity contribution in [2.24, 2.45) is 0 Å². The van der Waals surface area contributed by atoms with Crippen molar-refractivity contribution in [1.82, 2.24) is 5.32 Å². The summed E-state index contributed by atoms with van der Waals surface area (Å²) >= 11 is 0. The molecular formula is C20H16F3NO3. The van der Waals surface area contributed by atoms with E-state index < -0.39 is 24.1 Å². The van der Waals surface area contributed by atoms with Gasteiger partial charge in [-0.05, 0) is 40.6 Å². The highest BCUT2D eigenvalue weighted by Gasteiger charge is 2.31. The van der Waals surface area contributed by atoms with Crippen LogP contribution in [0.15, 0.2) is 66.7 Å². The first kappa shape index (κ1) is 18.7. The van der Waals surface area contributed by atoms with Gasteiger partial charge in [-0.3, -0.25) is 4.79 Å². The highest BCUT2D eigenvalue weighted by molar-refractivity contribution is 5.94. The molecule has 0 aliphatic heterocycles. The van der Waals surface area contributed by atoms with Gasteiger partial charge in [0.25, 0.3) is 5.91 Å². The second kappa shape index (κ2) is 7.67. The Morgan fingerprint density at radius 1 is 1.00 bits per heavy atom. The van der Waals surface area contributed by atoms with E-state index in [4.69, 9.17) is 0 Å². The fraction of sp³-hybridized carbons (Fsp3) is 0.150. The molecule has 27 heavy (non-hydrogen) atoms. The van der Waals surface area contributed by atoms with E-state index in [2.05, 4.69) is 10.1 Å². The molecule has 0 aliphatic carbocycles. The Kier molecular flexibility index (Phi) is 5.32. The largest absolute Gasteiger partial charge is 0.573 e. The molecule has 140 valence electrons. The molecule has 1 atom stereocenters. The first-order chi connectivity index (χ1) is 12.8. The van der Waals surface area contributed by atoms with Crippen LogP contribution in [0.2, 0.25) is 0 Å². The summed E-state index contributed by atoms with van der Waals surface area (Å²) in [5.41, 5.74) is 0.844. The minimum Gasteiger partial charge on any atom is -0.406 e. The molecule has 0 saturated carbocycles. The van der Waals surface area contributed by atoms with Crippen molar-refractivity contribution in [1.29, 1.82) is 0 Å². The maximum Gasteiger partial charge on any atom is 0.573 e. The zero-order valence-corrected chi connectivity index (χ0v) is 14.0. The van der Waals surface area contributed by atoms with E-state index in [1.54, 1.807) is 6.07 Å². The van der Waals surface area contributed by atoms with E-state index in [1.807, 2.05) is 36.4 Å². The summed E-state index contributed by atoms with van der Waals surface area (Å²) in [4.78, 5) is 12.2. The van der Waals surface area contributed by atoms with Gasteiger partial charge in [0.15, 0.2) is 0 Å². The number of carbonyl (C=O) groups is 1. The maximum absolute atomic E-state index is 12.2. The Bertz CT molecular complexity index is 934. The van der Waals surface area contributed by atoms with Gasteiger partial charge in [0, 0.05) is 12.1 Å². The molecule has 0 spiro atoms. The molecule has 3 aromatic rings. The number of amides is 1. The average molecular weight is 375 g/mol. The van der Waals surface area contributed by atoms with Crippen LogP contribution in [0.3, 0.4) is 0 Å². The SMILES string of the molecule is O=C(NC[C@@H](O)c1cccc2ccccc12)c1ccc(OC(F)(F)F)cc1. The zero-order chi connectivity index (χ0) is 19.4. The molecule has 0 aliphatic rings. The molecule has 0 bridgehead atoms. The number of hydrogen-bond acceptors (Lipinski definition) is 3. The number of rotatable bonds is 5. The second-order valence-corrected chi connectivity index (χ2v) is 5.87. The van der Waals surface area contributed by atoms with Crippen LogP contribution in [-0.4, -0.2) is 23.9 Å². The molecule has 1 amide bonds. The molecule has 3 aromatic carbocycles. The van der Waals surface area contributed by atoms with Crippen LogP contribution in [0.25, 0.3) is 10.8 Å². The lowest BCUT2D eigenvalue weighted by Gasteiger charge is -2.15. The summed E-state index contributed by atoms with van der Waals surface area (Å²) < 4.78 is 40.2. The van der Waals surface area contributed by atoms with Gasteiger partial charge < -0.3 is 15.2 Å². The van der Waals surface area contributed by atoms with E-state index in [0.29, 0.717) is 5.56 Å². The van der Waals surface area contributed by atoms with Crippen molar-refractivity contribution in [3.8, 4) is 5.75 Å². The molecule has 0 saturated heterocycles. The first-order valence-electron chi connectivity index (χ1n) is 8.13. The summed E-state index contributed by atoms with van der Waals surface area (Å²) in [6.07, 6.45) is -5.71. The third-order valence-electron chi connectivity index (χ3n) is 3.99. The fourth-order valence-corrected chi connectivity index (χ4v) is 2.75. The van der Waals surface area contributed by atoms with E-state index in [1.165, 1.54) is 12.1 Å². The first-order valence-corrected chi connectivity index (χ1v) is 8.13. The van der Waals surface area contributed by atoms with Gasteiger partial charge in [-0.25, -0.2) is 0 Å². The number of halogens is 3. The van der Waals surface area contributed by atoms with Crippen LogP contribution in [0.5, 0.6) is 5.75 Å². The van der Waals surface area contributed by atoms with E-state index in [9.17, 15) is 23.1 Å². The van der Waals surface area contributed by atoms with Crippen molar-refractivity contribution in [2.45, 2.75) is 12.5 Å². The molecule has 0 aromatic heterocycles. The number of alkyl halides is 3. The number of hydrogen-bond donors (Lipinski definition) is 2. The van der Waals surface area contributed by atoms with E-state index in [0.717, 1.165) is 22.9 Å². The van der Waals surface area contributed by atoms with Crippen molar-refractivity contribution in [3.05, 3.63) is 77.9 Å². The molecule has 0 radical (unpaired) electrons. The van der Waals surface area contributed by atoms with Gasteiger partial charge in [-0.2, -0.15) is 0 Å². The summed E-state index contributed by atoms with van der Waals surface area (Å²) in [5, 5.41) is 14.9. The van der Waals surface area contributed by atoms with Crippen molar-refractivity contribution < 1.29 is 27.8 Å². The molecule has 0 heterocycles. The van der Waals surface area contributed by atoms with Gasteiger partial charge >= 0.3 is 6.36 Å². The summed E-state index contributed by atoms with van der Waals surface area (Å²) in [6.45, 7) is -0.0341. The molecular weight excluding hydrogens is 359 g/mol. The van der Waals surface area contributed by atoms with Crippen molar-refractivity contribution in [3.63, 3.8) is 0 Å². The predicted molar refractivity (Wildman–Crippen MR) is 94.4 cm³/mol. The Balaban J connectivity index is 1.64. The Morgan fingerprint density at radius 3 is 2.37 bits per heavy atom. The van der Waals surface area contributed by atoms with Crippen LogP contribution in [0.4, 0.5) is 13.2 Å². The zero-order valence-electron chi connectivity index (χ0n) is 14.0. The number of fused-ring (bicyclic) bond motifs is 1. The molecule has 0 unspecified atom stereocenters. The van der Waals surface area contributed by atoms with E-state index >= 15 is 0 Å². The fourth-order valence-electron chi connectivity index (χ4n) is 2.75. The lowest BCUT2D eigenvalue weighted by molar-refractivity contribution is -0.274. The quantitative estimate of drug-likeness (QED) is 0.703. The monoisotopic (exact) mass is 375 g/mol. The summed E-state index contributed by atoms with van der Waals surface area (Å²) in [5.74, 6) is -0.914. The van der Waals surface area contributed by atoms with Gasteiger partial charge in [0.1, 0.15) is 5.75 Å². The highest BCUT2D eigenvalue weighted by Crippen LogP contribution is 2.24. The van der Waals surface area contributed by atoms with Gasteiger partial charge in [-0.15, -0.1) is 13.2 Å². The second-order valence-electron chi connectivity index (χ2n) is 5.87. The number of aliphatic hydroxyl groups excluding tert-OH is 1. The topological polar surface area (TPSA) is 58.6 Å². The number of aliphatic hydroxyl groups is 1. The molecule has 0 fully saturated rings. The average Bonchev–Trinajstić information content (AvgIpc) is 2.64. The lowest BCUT2D eigenvalue weighted by Crippen LogP contribution is -2.28. The lowest BCUT2D eigenvalue weighted by atomic mass is 10.0. The minimum atomic E-state index is -4.79. The number of carbonyl (C=O) groups excluding carboxylic acids is 1. The maximum atomic E-state index is 12.2. The van der Waals surface area contributed by atoms with Crippen molar-refractivity contribution in [2.75, 3.05) is 6.54 Å². The van der Waals surface area contributed by atoms with Crippen LogP contribution in [0.1, 0.15) is 22.0 Å². The van der Waals surface area contributed by atoms with Crippen molar-refractivity contribution >= 4 is 16.7 Å². The molecule has 3 rings (SSSR count). The highest BCUT2D eigenvalue weighted by atomic mass is 19.4. The van der Waals surface area contributed by atoms with E-state index in [-0.39, 0.29) is 12.1 Å². The van der Waals surface area contributed by atoms with Crippen LogP contribution in [-0.2, 0) is 0 Å². The smallest absolute Gasteiger partial charge is 0.406 e. The Labute approximate surface area is 153 Å². The van der Waals surface area contributed by atoms with Crippen LogP contribution < -0.4 is 10.1 Å². The predicted octanol–water partition coefficient (Wildman–Crippen LogP) is 4.20. The third-order valence-corrected chi connectivity index (χ3v) is 3.99. The Hall–Kier alpha value is -3.06. The van der Waals surface area contributed by atoms with Gasteiger partial charge in [0.2, 0.25) is 0 Å². The number of benzene rings is 3. The normalized spacial score (nSPS) is 12.6. The number of ether oxygens (including phenoxy) is 1. The molecule has 4 nitrogen and oxygen atoms in total. The number of nitrogens with one attached hydrogen (secondary N) is 1. The van der Waals surface area contributed by atoms with Crippen LogP contribution >= 0.6 is 0 Å². The molecule has 2 N–H and O–H groups in total. The standard InChI is InChI=1S/C20H16F3NO3/c21-20(22,23)27-15-10-8-14(9-11-15)19(26)24-12-18(25)17-7-3-5-13-4-1-2-6-16(13)17/h1-11,18,25H,12H2,(H,24,26)/t18-/m1/s1. The minimum absolute atomic E-state index is 0.0341. The van der Waals surface area contributed by atoms with Gasteiger partial charge in [-0.1, -0.05) is 42.5 Å². The summed E-state index contributed by atoms with van der Waals surface area (Å²) in [7, 11) is 0.